The Labute approximate surface area is 193 Å². The quantitative estimate of drug-likeness (QED) is 0.686. The molecule has 2 aliphatic heterocycles. The maximum Gasteiger partial charge on any atom is 0.235 e. The SMILES string of the molecule is CN1C(=O)[C@H](C2CCN(S(C)(=O)=O)CC2)[C@@](C)(c2cc(C3C=CC=C(N)C3)cs2)N=C1N. The van der Waals surface area contributed by atoms with Gasteiger partial charge in [-0.2, -0.15) is 0 Å². The molecular formula is C22H31N5O3S2. The zero-order valence-corrected chi connectivity index (χ0v) is 20.3. The Kier molecular flexibility index (Phi) is 5.98. The normalized spacial score (nSPS) is 30.3. The molecule has 1 aromatic rings. The van der Waals surface area contributed by atoms with Crippen molar-refractivity contribution in [2.24, 2.45) is 28.3 Å². The van der Waals surface area contributed by atoms with Crippen molar-refractivity contribution in [3.05, 3.63) is 45.8 Å². The van der Waals surface area contributed by atoms with Crippen molar-refractivity contribution in [1.29, 1.82) is 0 Å². The van der Waals surface area contributed by atoms with Crippen molar-refractivity contribution in [3.63, 3.8) is 0 Å². The fraction of sp³-hybridized carbons (Fsp3) is 0.545. The number of amides is 1. The van der Waals surface area contributed by atoms with Crippen LogP contribution in [-0.2, 0) is 20.4 Å². The van der Waals surface area contributed by atoms with Gasteiger partial charge in [-0.1, -0.05) is 12.2 Å². The third-order valence-corrected chi connectivity index (χ3v) is 9.47. The standard InChI is InChI=1S/C22H31N5O3S2/c1-22(18-12-16(13-31-18)15-5-4-6-17(23)11-15)19(20(28)26(2)21(24)25-22)14-7-9-27(10-8-14)32(3,29)30/h4-6,12-15,19H,7-11,23H2,1-3H3,(H2,24,25)/t15?,19-,22+/m0/s1. The van der Waals surface area contributed by atoms with Gasteiger partial charge in [0, 0.05) is 36.6 Å². The van der Waals surface area contributed by atoms with Gasteiger partial charge in [-0.15, -0.1) is 11.3 Å². The Morgan fingerprint density at radius 2 is 1.94 bits per heavy atom. The summed E-state index contributed by atoms with van der Waals surface area (Å²) in [6.45, 7) is 2.82. The van der Waals surface area contributed by atoms with Gasteiger partial charge in [-0.3, -0.25) is 9.69 Å². The maximum absolute atomic E-state index is 13.5. The number of aliphatic imine (C=N–C) groups is 1. The zero-order valence-electron chi connectivity index (χ0n) is 18.7. The summed E-state index contributed by atoms with van der Waals surface area (Å²) in [5.41, 5.74) is 13.4. The number of rotatable bonds is 4. The van der Waals surface area contributed by atoms with Gasteiger partial charge in [0.05, 0.1) is 12.2 Å². The largest absolute Gasteiger partial charge is 0.402 e. The molecule has 1 aromatic heterocycles. The Balaban J connectivity index is 1.66. The molecule has 0 spiro atoms. The molecule has 1 aliphatic carbocycles. The Morgan fingerprint density at radius 1 is 1.25 bits per heavy atom. The van der Waals surface area contributed by atoms with E-state index in [-0.39, 0.29) is 23.7 Å². The second-order valence-electron chi connectivity index (χ2n) is 9.17. The summed E-state index contributed by atoms with van der Waals surface area (Å²) in [6, 6.07) is 2.13. The molecule has 174 valence electrons. The summed E-state index contributed by atoms with van der Waals surface area (Å²) in [6.07, 6.45) is 9.28. The molecule has 1 amide bonds. The van der Waals surface area contributed by atoms with E-state index in [0.29, 0.717) is 25.9 Å². The number of nitrogens with two attached hydrogens (primary N) is 2. The topological polar surface area (TPSA) is 122 Å². The molecule has 1 unspecified atom stereocenters. The first kappa shape index (κ1) is 23.0. The summed E-state index contributed by atoms with van der Waals surface area (Å²) in [5.74, 6) is -0.0313. The predicted octanol–water partition coefficient (Wildman–Crippen LogP) is 1.92. The minimum Gasteiger partial charge on any atom is -0.402 e. The van der Waals surface area contributed by atoms with Gasteiger partial charge >= 0.3 is 0 Å². The van der Waals surface area contributed by atoms with Crippen LogP contribution in [0.4, 0.5) is 0 Å². The highest BCUT2D eigenvalue weighted by atomic mass is 32.2. The van der Waals surface area contributed by atoms with Crippen LogP contribution in [0, 0.1) is 11.8 Å². The molecule has 0 bridgehead atoms. The third-order valence-electron chi connectivity index (χ3n) is 6.99. The van der Waals surface area contributed by atoms with E-state index >= 15 is 0 Å². The molecule has 3 heterocycles. The van der Waals surface area contributed by atoms with Crippen LogP contribution in [-0.4, -0.2) is 55.9 Å². The van der Waals surface area contributed by atoms with Crippen LogP contribution in [0.1, 0.15) is 42.5 Å². The molecular weight excluding hydrogens is 446 g/mol. The van der Waals surface area contributed by atoms with E-state index in [1.165, 1.54) is 15.5 Å². The van der Waals surface area contributed by atoms with E-state index < -0.39 is 21.5 Å². The van der Waals surface area contributed by atoms with Crippen LogP contribution in [0.15, 0.2) is 40.4 Å². The minimum atomic E-state index is -3.24. The smallest absolute Gasteiger partial charge is 0.235 e. The number of thiophene rings is 1. The molecule has 0 radical (unpaired) electrons. The van der Waals surface area contributed by atoms with Gasteiger partial charge in [0.15, 0.2) is 5.96 Å². The maximum atomic E-state index is 13.5. The van der Waals surface area contributed by atoms with E-state index in [1.54, 1.807) is 18.4 Å². The molecule has 3 atom stereocenters. The van der Waals surface area contributed by atoms with Crippen molar-refractivity contribution in [1.82, 2.24) is 9.21 Å². The molecule has 4 rings (SSSR count). The van der Waals surface area contributed by atoms with E-state index in [4.69, 9.17) is 16.5 Å². The van der Waals surface area contributed by atoms with Crippen molar-refractivity contribution in [3.8, 4) is 0 Å². The molecule has 3 aliphatic rings. The van der Waals surface area contributed by atoms with Gasteiger partial charge in [-0.05, 0) is 55.2 Å². The summed E-state index contributed by atoms with van der Waals surface area (Å²) < 4.78 is 25.4. The molecule has 1 saturated heterocycles. The number of hydrogen-bond donors (Lipinski definition) is 2. The van der Waals surface area contributed by atoms with E-state index in [9.17, 15) is 13.2 Å². The Hall–Kier alpha value is -2.17. The third kappa shape index (κ3) is 4.11. The van der Waals surface area contributed by atoms with Crippen LogP contribution in [0.5, 0.6) is 0 Å². The van der Waals surface area contributed by atoms with E-state index in [0.717, 1.165) is 22.6 Å². The Bertz CT molecular complexity index is 1100. The molecule has 10 heteroatoms. The highest BCUT2D eigenvalue weighted by Gasteiger charge is 2.51. The first-order chi connectivity index (χ1) is 15.0. The monoisotopic (exact) mass is 477 g/mol. The first-order valence-corrected chi connectivity index (χ1v) is 13.5. The Morgan fingerprint density at radius 3 is 2.56 bits per heavy atom. The molecule has 4 N–H and O–H groups in total. The van der Waals surface area contributed by atoms with Crippen LogP contribution in [0.3, 0.4) is 0 Å². The minimum absolute atomic E-state index is 0.0171. The van der Waals surface area contributed by atoms with Gasteiger partial charge < -0.3 is 11.5 Å². The van der Waals surface area contributed by atoms with Gasteiger partial charge in [0.2, 0.25) is 15.9 Å². The number of nitrogens with zero attached hydrogens (tertiary/aromatic N) is 3. The first-order valence-electron chi connectivity index (χ1n) is 10.8. The number of carbonyl (C=O) groups excluding carboxylic acids is 1. The number of sulfonamides is 1. The van der Waals surface area contributed by atoms with Gasteiger partial charge in [0.25, 0.3) is 0 Å². The molecule has 1 fully saturated rings. The predicted molar refractivity (Wildman–Crippen MR) is 127 cm³/mol. The second kappa shape index (κ2) is 8.31. The lowest BCUT2D eigenvalue weighted by Gasteiger charge is -2.45. The average Bonchev–Trinajstić information content (AvgIpc) is 3.23. The summed E-state index contributed by atoms with van der Waals surface area (Å²) in [5, 5.41) is 2.12. The zero-order chi connectivity index (χ0) is 23.3. The van der Waals surface area contributed by atoms with Gasteiger partial charge in [0.1, 0.15) is 5.54 Å². The lowest BCUT2D eigenvalue weighted by molar-refractivity contribution is -0.137. The highest BCUT2D eigenvalue weighted by Crippen LogP contribution is 2.47. The van der Waals surface area contributed by atoms with Crippen molar-refractivity contribution in [2.75, 3.05) is 26.4 Å². The fourth-order valence-electron chi connectivity index (χ4n) is 5.10. The van der Waals surface area contributed by atoms with Crippen LogP contribution >= 0.6 is 11.3 Å². The molecule has 8 nitrogen and oxygen atoms in total. The number of allylic oxidation sites excluding steroid dienone is 4. The van der Waals surface area contributed by atoms with Crippen molar-refractivity contribution < 1.29 is 13.2 Å². The van der Waals surface area contributed by atoms with Crippen molar-refractivity contribution >= 4 is 33.2 Å². The number of piperidine rings is 1. The summed E-state index contributed by atoms with van der Waals surface area (Å²) in [7, 11) is -1.58. The molecule has 32 heavy (non-hydrogen) atoms. The van der Waals surface area contributed by atoms with Crippen LogP contribution in [0.25, 0.3) is 0 Å². The second-order valence-corrected chi connectivity index (χ2v) is 12.1. The average molecular weight is 478 g/mol. The fourth-order valence-corrected chi connectivity index (χ4v) is 7.09. The van der Waals surface area contributed by atoms with Crippen LogP contribution < -0.4 is 11.5 Å². The molecule has 0 aromatic carbocycles. The summed E-state index contributed by atoms with van der Waals surface area (Å²) >= 11 is 1.59. The number of carbonyl (C=O) groups is 1. The number of guanidine groups is 1. The van der Waals surface area contributed by atoms with E-state index in [1.807, 2.05) is 19.1 Å². The van der Waals surface area contributed by atoms with Crippen LogP contribution in [0.2, 0.25) is 0 Å². The lowest BCUT2D eigenvalue weighted by Crippen LogP contribution is -2.57. The van der Waals surface area contributed by atoms with E-state index in [2.05, 4.69) is 17.5 Å². The van der Waals surface area contributed by atoms with Gasteiger partial charge in [-0.25, -0.2) is 17.7 Å². The summed E-state index contributed by atoms with van der Waals surface area (Å²) in [4.78, 5) is 20.7. The molecule has 0 saturated carbocycles. The highest BCUT2D eigenvalue weighted by molar-refractivity contribution is 7.88. The number of hydrogen-bond acceptors (Lipinski definition) is 7. The van der Waals surface area contributed by atoms with Crippen molar-refractivity contribution in [2.45, 2.75) is 37.6 Å². The lowest BCUT2D eigenvalue weighted by atomic mass is 9.71.